The first kappa shape index (κ1) is 22.5. The van der Waals surface area contributed by atoms with Crippen molar-refractivity contribution in [2.24, 2.45) is 10.2 Å². The second kappa shape index (κ2) is 9.29. The Hall–Kier alpha value is -3.21. The molecule has 1 atom stereocenters. The molecule has 2 aromatic rings. The summed E-state index contributed by atoms with van der Waals surface area (Å²) in [6.07, 6.45) is -4.97. The number of nitrogens with one attached hydrogen (secondary N) is 2. The zero-order chi connectivity index (χ0) is 22.6. The Kier molecular flexibility index (Phi) is 6.74. The van der Waals surface area contributed by atoms with E-state index in [0.717, 1.165) is 23.9 Å². The molecule has 0 saturated carbocycles. The zero-order valence-corrected chi connectivity index (χ0v) is 16.9. The summed E-state index contributed by atoms with van der Waals surface area (Å²) in [5.41, 5.74) is -0.233. The lowest BCUT2D eigenvalue weighted by Gasteiger charge is -2.14. The lowest BCUT2D eigenvalue weighted by molar-refractivity contribution is -0.137. The van der Waals surface area contributed by atoms with Gasteiger partial charge in [-0.05, 0) is 36.8 Å². The zero-order valence-electron chi connectivity index (χ0n) is 16.0. The van der Waals surface area contributed by atoms with Gasteiger partial charge in [-0.1, -0.05) is 36.0 Å². The van der Waals surface area contributed by atoms with E-state index in [0.29, 0.717) is 11.3 Å². The molecule has 2 aromatic carbocycles. The fourth-order valence-electron chi connectivity index (χ4n) is 2.66. The fourth-order valence-corrected chi connectivity index (χ4v) is 3.58. The number of halogens is 4. The monoisotopic (exact) mass is 452 g/mol. The second-order valence-electron chi connectivity index (χ2n) is 6.49. The van der Waals surface area contributed by atoms with Gasteiger partial charge < -0.3 is 10.6 Å². The van der Waals surface area contributed by atoms with Gasteiger partial charge in [0, 0.05) is 6.42 Å². The van der Waals surface area contributed by atoms with Gasteiger partial charge in [-0.25, -0.2) is 4.39 Å². The molecule has 1 fully saturated rings. The Labute approximate surface area is 178 Å². The molecule has 0 aliphatic carbocycles. The minimum atomic E-state index is -4.62. The summed E-state index contributed by atoms with van der Waals surface area (Å²) in [5, 5.41) is 11.9. The number of nitrogens with zero attached hydrogens (tertiary/aromatic N) is 2. The highest BCUT2D eigenvalue weighted by atomic mass is 32.2. The number of amidine groups is 1. The maximum absolute atomic E-state index is 13.0. The molecule has 0 spiro atoms. The second-order valence-corrected chi connectivity index (χ2v) is 7.68. The van der Waals surface area contributed by atoms with E-state index in [4.69, 9.17) is 0 Å². The number of hydrogen-bond donors (Lipinski definition) is 2. The summed E-state index contributed by atoms with van der Waals surface area (Å²) >= 11 is 0.946. The van der Waals surface area contributed by atoms with Gasteiger partial charge >= 0.3 is 6.18 Å². The van der Waals surface area contributed by atoms with Crippen molar-refractivity contribution in [3.8, 4) is 0 Å². The van der Waals surface area contributed by atoms with Crippen molar-refractivity contribution in [3.05, 3.63) is 65.5 Å². The molecule has 1 aliphatic heterocycles. The number of carbonyl (C=O) groups excluding carboxylic acids is 2. The van der Waals surface area contributed by atoms with Crippen molar-refractivity contribution in [3.63, 3.8) is 0 Å². The van der Waals surface area contributed by atoms with Crippen molar-refractivity contribution < 1.29 is 27.2 Å². The number of benzene rings is 2. The summed E-state index contributed by atoms with van der Waals surface area (Å²) in [5.74, 6) is -1.63. The summed E-state index contributed by atoms with van der Waals surface area (Å²) in [6, 6.07) is 10.2. The van der Waals surface area contributed by atoms with Crippen LogP contribution < -0.4 is 10.6 Å². The number of anilines is 1. The number of carbonyl (C=O) groups is 2. The van der Waals surface area contributed by atoms with E-state index >= 15 is 0 Å². The molecule has 3 rings (SSSR count). The molecular weight excluding hydrogens is 436 g/mol. The topological polar surface area (TPSA) is 82.9 Å². The molecule has 11 heteroatoms. The standard InChI is InChI=1S/C20H16F4N4O2S/c1-11(12-6-8-13(21)9-7-12)27-28-19-26-18(30)16(31-19)10-17(29)25-15-5-3-2-4-14(15)20(22,23)24/h2-9,16H,10H2,1H3,(H,25,29)(H,26,28,30)/b27-11-/t16-/m0/s1. The van der Waals surface area contributed by atoms with Crippen LogP contribution in [0, 0.1) is 5.82 Å². The quantitative estimate of drug-likeness (QED) is 0.406. The molecule has 31 heavy (non-hydrogen) atoms. The minimum absolute atomic E-state index is 0.153. The van der Waals surface area contributed by atoms with Gasteiger partial charge in [-0.3, -0.25) is 9.59 Å². The van der Waals surface area contributed by atoms with Crippen LogP contribution in [0.3, 0.4) is 0 Å². The molecule has 0 bridgehead atoms. The highest BCUT2D eigenvalue weighted by molar-refractivity contribution is 8.15. The molecule has 1 heterocycles. The maximum Gasteiger partial charge on any atom is 0.418 e. The van der Waals surface area contributed by atoms with Crippen molar-refractivity contribution in [2.45, 2.75) is 24.8 Å². The van der Waals surface area contributed by atoms with E-state index < -0.39 is 28.8 Å². The van der Waals surface area contributed by atoms with E-state index in [1.165, 1.54) is 36.4 Å². The van der Waals surface area contributed by atoms with Gasteiger partial charge in [0.05, 0.1) is 17.0 Å². The first-order chi connectivity index (χ1) is 14.6. The summed E-state index contributed by atoms with van der Waals surface area (Å²) in [4.78, 5) is 24.3. The highest BCUT2D eigenvalue weighted by Crippen LogP contribution is 2.34. The SMILES string of the molecule is C/C(=N/N=C1\NC(=O)[C@H](CC(=O)Nc2ccccc2C(F)(F)F)S1)c1ccc(F)cc1. The molecule has 1 aliphatic rings. The van der Waals surface area contributed by atoms with Crippen molar-refractivity contribution in [2.75, 3.05) is 5.32 Å². The van der Waals surface area contributed by atoms with Crippen LogP contribution in [0.2, 0.25) is 0 Å². The van der Waals surface area contributed by atoms with Crippen LogP contribution in [0.15, 0.2) is 58.7 Å². The van der Waals surface area contributed by atoms with E-state index in [-0.39, 0.29) is 23.1 Å². The van der Waals surface area contributed by atoms with E-state index in [9.17, 15) is 27.2 Å². The van der Waals surface area contributed by atoms with Gasteiger partial charge in [0.1, 0.15) is 11.1 Å². The molecule has 162 valence electrons. The average molecular weight is 452 g/mol. The number of hydrogen-bond acceptors (Lipinski definition) is 5. The molecule has 1 saturated heterocycles. The third-order valence-corrected chi connectivity index (χ3v) is 5.28. The maximum atomic E-state index is 13.0. The van der Waals surface area contributed by atoms with Gasteiger partial charge in [-0.15, -0.1) is 5.10 Å². The smallest absolute Gasteiger partial charge is 0.325 e. The predicted octanol–water partition coefficient (Wildman–Crippen LogP) is 4.18. The van der Waals surface area contributed by atoms with Gasteiger partial charge in [0.2, 0.25) is 11.8 Å². The molecule has 2 N–H and O–H groups in total. The normalized spacial score (nSPS) is 18.2. The minimum Gasteiger partial charge on any atom is -0.325 e. The van der Waals surface area contributed by atoms with E-state index in [1.807, 2.05) is 0 Å². The van der Waals surface area contributed by atoms with Crippen molar-refractivity contribution >= 4 is 40.1 Å². The van der Waals surface area contributed by atoms with Crippen LogP contribution in [0.1, 0.15) is 24.5 Å². The lowest BCUT2D eigenvalue weighted by atomic mass is 10.1. The molecule has 6 nitrogen and oxygen atoms in total. The first-order valence-corrected chi connectivity index (χ1v) is 9.83. The number of thioether (sulfide) groups is 1. The van der Waals surface area contributed by atoms with Gasteiger partial charge in [0.25, 0.3) is 0 Å². The Balaban J connectivity index is 1.63. The molecule has 0 aromatic heterocycles. The summed E-state index contributed by atoms with van der Waals surface area (Å²) in [7, 11) is 0. The van der Waals surface area contributed by atoms with Crippen LogP contribution in [0.5, 0.6) is 0 Å². The average Bonchev–Trinajstić information content (AvgIpc) is 3.05. The molecular formula is C20H16F4N4O2S. The van der Waals surface area contributed by atoms with Gasteiger partial charge in [-0.2, -0.15) is 18.3 Å². The first-order valence-electron chi connectivity index (χ1n) is 8.95. The van der Waals surface area contributed by atoms with Gasteiger partial charge in [0.15, 0.2) is 5.17 Å². The van der Waals surface area contributed by atoms with Crippen LogP contribution in [0.25, 0.3) is 0 Å². The summed E-state index contributed by atoms with van der Waals surface area (Å²) in [6.45, 7) is 1.65. The number of amides is 2. The number of para-hydroxylation sites is 1. The van der Waals surface area contributed by atoms with Crippen LogP contribution in [-0.4, -0.2) is 27.9 Å². The Morgan fingerprint density at radius 2 is 1.84 bits per heavy atom. The van der Waals surface area contributed by atoms with Crippen molar-refractivity contribution in [1.82, 2.24) is 5.32 Å². The lowest BCUT2D eigenvalue weighted by Crippen LogP contribution is -2.28. The molecule has 0 radical (unpaired) electrons. The van der Waals surface area contributed by atoms with Crippen LogP contribution >= 0.6 is 11.8 Å². The molecule has 0 unspecified atom stereocenters. The fraction of sp³-hybridized carbons (Fsp3) is 0.200. The third kappa shape index (κ3) is 5.91. The third-order valence-electron chi connectivity index (χ3n) is 4.21. The Bertz CT molecular complexity index is 1050. The Morgan fingerprint density at radius 1 is 1.16 bits per heavy atom. The van der Waals surface area contributed by atoms with Crippen LogP contribution in [0.4, 0.5) is 23.2 Å². The number of alkyl halides is 3. The van der Waals surface area contributed by atoms with Crippen molar-refractivity contribution in [1.29, 1.82) is 0 Å². The summed E-state index contributed by atoms with van der Waals surface area (Å²) < 4.78 is 52.1. The highest BCUT2D eigenvalue weighted by Gasteiger charge is 2.35. The predicted molar refractivity (Wildman–Crippen MR) is 110 cm³/mol. The molecule has 2 amide bonds. The van der Waals surface area contributed by atoms with Crippen LogP contribution in [-0.2, 0) is 15.8 Å². The number of rotatable bonds is 5. The van der Waals surface area contributed by atoms with E-state index in [2.05, 4.69) is 20.8 Å². The Morgan fingerprint density at radius 3 is 2.52 bits per heavy atom. The van der Waals surface area contributed by atoms with E-state index in [1.54, 1.807) is 6.92 Å². The largest absolute Gasteiger partial charge is 0.418 e.